The number of hydrogen-bond acceptors (Lipinski definition) is 8. The number of aliphatic hydroxyl groups is 5. The van der Waals surface area contributed by atoms with E-state index in [9.17, 15) is 30.3 Å². The van der Waals surface area contributed by atoms with Crippen molar-refractivity contribution < 1.29 is 39.8 Å². The molecule has 1 aliphatic rings. The fourth-order valence-corrected chi connectivity index (χ4v) is 9.31. The van der Waals surface area contributed by atoms with E-state index in [4.69, 9.17) is 9.47 Å². The minimum absolute atomic E-state index is 0.187. The van der Waals surface area contributed by atoms with Crippen LogP contribution in [0.15, 0.2) is 36.5 Å². The van der Waals surface area contributed by atoms with Crippen LogP contribution in [0.25, 0.3) is 0 Å². The first kappa shape index (κ1) is 64.4. The van der Waals surface area contributed by atoms with Crippen molar-refractivity contribution in [3.05, 3.63) is 36.5 Å². The quantitative estimate of drug-likeness (QED) is 0.0261. The summed E-state index contributed by atoms with van der Waals surface area (Å²) in [5, 5.41) is 54.4. The lowest BCUT2D eigenvalue weighted by Gasteiger charge is -2.40. The number of rotatable bonds is 50. The van der Waals surface area contributed by atoms with E-state index in [0.717, 1.165) is 51.4 Å². The van der Waals surface area contributed by atoms with Gasteiger partial charge >= 0.3 is 0 Å². The number of ether oxygens (including phenoxy) is 2. The fraction of sp³-hybridized carbons (Fsp3) is 0.881. The maximum absolute atomic E-state index is 13.0. The Labute approximate surface area is 419 Å². The second-order valence-corrected chi connectivity index (χ2v) is 20.4. The third kappa shape index (κ3) is 38.1. The Morgan fingerprint density at radius 1 is 0.485 bits per heavy atom. The van der Waals surface area contributed by atoms with Gasteiger partial charge < -0.3 is 40.3 Å². The largest absolute Gasteiger partial charge is 0.394 e. The molecule has 0 aromatic rings. The monoisotopic (exact) mass is 962 g/mol. The predicted octanol–water partition coefficient (Wildman–Crippen LogP) is 14.4. The van der Waals surface area contributed by atoms with Gasteiger partial charge in [0, 0.05) is 6.42 Å². The zero-order valence-corrected chi connectivity index (χ0v) is 44.4. The SMILES string of the molecule is CCCCCCC/C=C/CC/C=C/CC/C=C/C(O)C(COC1OC(CO)C(O)C(O)C1O)NC(=O)CCCCCCCCCCCCCCCCCCCCCCCCCCCCCCCC. The molecule has 7 unspecified atom stereocenters. The van der Waals surface area contributed by atoms with Gasteiger partial charge in [0.2, 0.25) is 5.91 Å². The summed E-state index contributed by atoms with van der Waals surface area (Å²) in [6, 6.07) is -0.825. The van der Waals surface area contributed by atoms with Gasteiger partial charge in [0.05, 0.1) is 25.4 Å². The molecule has 0 aromatic carbocycles. The number of amides is 1. The topological polar surface area (TPSA) is 149 Å². The van der Waals surface area contributed by atoms with Crippen LogP contribution < -0.4 is 5.32 Å². The number of carbonyl (C=O) groups is 1. The highest BCUT2D eigenvalue weighted by molar-refractivity contribution is 5.76. The molecule has 1 rings (SSSR count). The Balaban J connectivity index is 2.16. The number of allylic oxidation sites excluding steroid dienone is 5. The maximum atomic E-state index is 13.0. The van der Waals surface area contributed by atoms with Gasteiger partial charge in [-0.05, 0) is 44.9 Å². The van der Waals surface area contributed by atoms with E-state index in [1.807, 2.05) is 6.08 Å². The van der Waals surface area contributed by atoms with Crippen LogP contribution in [0.3, 0.4) is 0 Å². The summed E-state index contributed by atoms with van der Waals surface area (Å²) in [6.07, 6.45) is 56.6. The van der Waals surface area contributed by atoms with Gasteiger partial charge in [-0.15, -0.1) is 0 Å². The molecule has 9 nitrogen and oxygen atoms in total. The predicted molar refractivity (Wildman–Crippen MR) is 286 cm³/mol. The zero-order chi connectivity index (χ0) is 49.4. The Morgan fingerprint density at radius 3 is 1.24 bits per heavy atom. The minimum Gasteiger partial charge on any atom is -0.394 e. The van der Waals surface area contributed by atoms with Crippen molar-refractivity contribution in [2.75, 3.05) is 13.2 Å². The van der Waals surface area contributed by atoms with E-state index in [0.29, 0.717) is 6.42 Å². The molecule has 68 heavy (non-hydrogen) atoms. The van der Waals surface area contributed by atoms with Crippen LogP contribution in [-0.2, 0) is 14.3 Å². The molecule has 1 fully saturated rings. The summed E-state index contributed by atoms with van der Waals surface area (Å²) in [6.45, 7) is 3.76. The molecule has 0 saturated carbocycles. The molecule has 1 amide bonds. The van der Waals surface area contributed by atoms with Crippen LogP contribution in [0, 0.1) is 0 Å². The number of hydrogen-bond donors (Lipinski definition) is 6. The summed E-state index contributed by atoms with van der Waals surface area (Å²) in [5.74, 6) is -0.187. The molecule has 0 spiro atoms. The molecule has 0 aromatic heterocycles. The maximum Gasteiger partial charge on any atom is 0.220 e. The van der Waals surface area contributed by atoms with Crippen LogP contribution in [-0.4, -0.2) is 87.5 Å². The highest BCUT2D eigenvalue weighted by atomic mass is 16.7. The molecule has 7 atom stereocenters. The molecular weight excluding hydrogens is 851 g/mol. The first-order valence-electron chi connectivity index (χ1n) is 29.2. The lowest BCUT2D eigenvalue weighted by molar-refractivity contribution is -0.302. The second kappa shape index (κ2) is 49.0. The van der Waals surface area contributed by atoms with E-state index >= 15 is 0 Å². The number of unbranched alkanes of at least 4 members (excludes halogenated alkanes) is 36. The lowest BCUT2D eigenvalue weighted by Crippen LogP contribution is -2.60. The van der Waals surface area contributed by atoms with Crippen molar-refractivity contribution in [2.24, 2.45) is 0 Å². The zero-order valence-electron chi connectivity index (χ0n) is 44.4. The van der Waals surface area contributed by atoms with Gasteiger partial charge in [-0.25, -0.2) is 0 Å². The van der Waals surface area contributed by atoms with Crippen molar-refractivity contribution in [3.8, 4) is 0 Å². The van der Waals surface area contributed by atoms with Crippen molar-refractivity contribution in [2.45, 2.75) is 320 Å². The smallest absolute Gasteiger partial charge is 0.220 e. The fourth-order valence-electron chi connectivity index (χ4n) is 9.31. The van der Waals surface area contributed by atoms with Crippen LogP contribution in [0.1, 0.15) is 277 Å². The Kier molecular flexibility index (Phi) is 46.4. The molecule has 1 heterocycles. The van der Waals surface area contributed by atoms with E-state index in [2.05, 4.69) is 43.5 Å². The Bertz CT molecular complexity index is 1160. The van der Waals surface area contributed by atoms with Gasteiger partial charge in [-0.2, -0.15) is 0 Å². The molecule has 400 valence electrons. The third-order valence-corrected chi connectivity index (χ3v) is 13.9. The van der Waals surface area contributed by atoms with E-state index < -0.39 is 49.5 Å². The van der Waals surface area contributed by atoms with Crippen molar-refractivity contribution in [1.82, 2.24) is 5.32 Å². The van der Waals surface area contributed by atoms with Gasteiger partial charge in [0.1, 0.15) is 24.4 Å². The highest BCUT2D eigenvalue weighted by Gasteiger charge is 2.44. The van der Waals surface area contributed by atoms with Gasteiger partial charge in [-0.3, -0.25) is 4.79 Å². The standard InChI is InChI=1S/C59H111NO8/c1-3-5-7-9-11-13-15-17-19-20-21-22-23-24-25-26-27-28-29-30-31-32-33-35-37-39-41-43-45-47-49-55(63)60-52(51-67-59-58(66)57(65)56(64)54(50-61)68-59)53(62)48-46-44-42-40-38-36-34-18-16-14-12-10-8-6-4-2/h16,18,38,40,46,48,52-54,56-59,61-62,64-66H,3-15,17,19-37,39,41-45,47,49-51H2,1-2H3,(H,60,63)/b18-16+,40-38+,48-46+. The summed E-state index contributed by atoms with van der Waals surface area (Å²) in [5.41, 5.74) is 0. The molecule has 6 N–H and O–H groups in total. The van der Waals surface area contributed by atoms with Crippen molar-refractivity contribution >= 4 is 5.91 Å². The Morgan fingerprint density at radius 2 is 0.838 bits per heavy atom. The van der Waals surface area contributed by atoms with Crippen molar-refractivity contribution in [3.63, 3.8) is 0 Å². The van der Waals surface area contributed by atoms with Crippen LogP contribution in [0.5, 0.6) is 0 Å². The molecule has 0 bridgehead atoms. The molecule has 1 aliphatic heterocycles. The molecule has 0 radical (unpaired) electrons. The van der Waals surface area contributed by atoms with Gasteiger partial charge in [0.25, 0.3) is 0 Å². The summed E-state index contributed by atoms with van der Waals surface area (Å²) >= 11 is 0. The summed E-state index contributed by atoms with van der Waals surface area (Å²) in [4.78, 5) is 13.0. The average molecular weight is 963 g/mol. The summed E-state index contributed by atoms with van der Waals surface area (Å²) < 4.78 is 11.2. The van der Waals surface area contributed by atoms with Crippen LogP contribution in [0.4, 0.5) is 0 Å². The summed E-state index contributed by atoms with van der Waals surface area (Å²) in [7, 11) is 0. The van der Waals surface area contributed by atoms with Gasteiger partial charge in [-0.1, -0.05) is 262 Å². The normalized spacial score (nSPS) is 19.8. The Hall–Kier alpha value is -1.59. The third-order valence-electron chi connectivity index (χ3n) is 13.9. The van der Waals surface area contributed by atoms with E-state index in [1.54, 1.807) is 6.08 Å². The number of aliphatic hydroxyl groups excluding tert-OH is 5. The number of nitrogens with one attached hydrogen (secondary N) is 1. The molecule has 0 aliphatic carbocycles. The number of carbonyl (C=O) groups excluding carboxylic acids is 1. The average Bonchev–Trinajstić information content (AvgIpc) is 3.34. The van der Waals surface area contributed by atoms with Crippen LogP contribution in [0.2, 0.25) is 0 Å². The minimum atomic E-state index is -1.57. The lowest BCUT2D eigenvalue weighted by atomic mass is 9.99. The first-order valence-corrected chi connectivity index (χ1v) is 29.2. The van der Waals surface area contributed by atoms with Crippen molar-refractivity contribution in [1.29, 1.82) is 0 Å². The molecule has 1 saturated heterocycles. The first-order chi connectivity index (χ1) is 33.3. The van der Waals surface area contributed by atoms with Crippen LogP contribution >= 0.6 is 0 Å². The van der Waals surface area contributed by atoms with Gasteiger partial charge in [0.15, 0.2) is 6.29 Å². The van der Waals surface area contributed by atoms with E-state index in [-0.39, 0.29) is 12.5 Å². The second-order valence-electron chi connectivity index (χ2n) is 20.4. The molecule has 9 heteroatoms. The van der Waals surface area contributed by atoms with E-state index in [1.165, 1.54) is 205 Å². The molecular formula is C59H111NO8. The highest BCUT2D eigenvalue weighted by Crippen LogP contribution is 2.23.